The third-order valence-corrected chi connectivity index (χ3v) is 3.53. The largest absolute Gasteiger partial charge is 0.466 e. The van der Waals surface area contributed by atoms with E-state index in [0.717, 1.165) is 12.3 Å². The lowest BCUT2D eigenvalue weighted by atomic mass is 9.89. The van der Waals surface area contributed by atoms with Gasteiger partial charge in [0.15, 0.2) is 0 Å². The number of carbonyl (C=O) groups excluding carboxylic acids is 1. The van der Waals surface area contributed by atoms with Crippen molar-refractivity contribution < 1.29 is 9.53 Å². The molecule has 2 atom stereocenters. The van der Waals surface area contributed by atoms with Gasteiger partial charge in [-0.1, -0.05) is 12.8 Å². The summed E-state index contributed by atoms with van der Waals surface area (Å²) in [6, 6.07) is 0. The Morgan fingerprint density at radius 1 is 1.40 bits per heavy atom. The number of hydrogen-bond acceptors (Lipinski definition) is 2. The molecule has 1 aliphatic rings. The normalized spacial score (nSPS) is 25.5. The molecule has 0 unspecified atom stereocenters. The molecule has 1 aliphatic carbocycles. The van der Waals surface area contributed by atoms with E-state index in [1.807, 2.05) is 6.92 Å². The number of alkyl halides is 1. The number of carbonyl (C=O) groups is 1. The van der Waals surface area contributed by atoms with Gasteiger partial charge in [-0.2, -0.15) is 0 Å². The van der Waals surface area contributed by atoms with Crippen LogP contribution in [0.3, 0.4) is 0 Å². The van der Waals surface area contributed by atoms with Gasteiger partial charge < -0.3 is 4.74 Å². The minimum atomic E-state index is -0.0275. The van der Waals surface area contributed by atoms with E-state index in [4.69, 9.17) is 16.3 Å². The average Bonchev–Trinajstić information content (AvgIpc) is 2.63. The first kappa shape index (κ1) is 12.8. The average molecular weight is 233 g/mol. The second kappa shape index (κ2) is 7.10. The van der Waals surface area contributed by atoms with Gasteiger partial charge in [0.25, 0.3) is 0 Å². The zero-order valence-electron chi connectivity index (χ0n) is 9.51. The molecule has 1 rings (SSSR count). The predicted octanol–water partition coefficient (Wildman–Crippen LogP) is 3.37. The van der Waals surface area contributed by atoms with Crippen molar-refractivity contribution in [3.05, 3.63) is 0 Å². The number of rotatable bonds is 6. The molecule has 0 bridgehead atoms. The van der Waals surface area contributed by atoms with Crippen molar-refractivity contribution in [1.82, 2.24) is 0 Å². The Morgan fingerprint density at radius 2 is 2.13 bits per heavy atom. The lowest BCUT2D eigenvalue weighted by molar-refractivity contribution is -0.144. The topological polar surface area (TPSA) is 26.3 Å². The fourth-order valence-corrected chi connectivity index (χ4v) is 2.69. The Hall–Kier alpha value is -0.240. The van der Waals surface area contributed by atoms with Crippen LogP contribution >= 0.6 is 11.6 Å². The maximum atomic E-state index is 11.4. The summed E-state index contributed by atoms with van der Waals surface area (Å²) in [6.07, 6.45) is 6.57. The summed E-state index contributed by atoms with van der Waals surface area (Å²) in [7, 11) is 0. The fraction of sp³-hybridized carbons (Fsp3) is 0.917. The molecule has 1 fully saturated rings. The van der Waals surface area contributed by atoms with Gasteiger partial charge in [0.1, 0.15) is 0 Å². The molecular weight excluding hydrogens is 212 g/mol. The van der Waals surface area contributed by atoms with Gasteiger partial charge in [-0.3, -0.25) is 4.79 Å². The molecule has 0 saturated heterocycles. The summed E-state index contributed by atoms with van der Waals surface area (Å²) in [5, 5.41) is 0. The minimum absolute atomic E-state index is 0.0275. The lowest BCUT2D eigenvalue weighted by Gasteiger charge is -2.18. The van der Waals surface area contributed by atoms with Gasteiger partial charge in [0.05, 0.1) is 6.61 Å². The van der Waals surface area contributed by atoms with Crippen LogP contribution < -0.4 is 0 Å². The molecule has 88 valence electrons. The van der Waals surface area contributed by atoms with Crippen molar-refractivity contribution >= 4 is 17.6 Å². The molecule has 0 spiro atoms. The zero-order chi connectivity index (χ0) is 11.1. The Labute approximate surface area is 97.3 Å². The van der Waals surface area contributed by atoms with Gasteiger partial charge in [-0.05, 0) is 38.0 Å². The quantitative estimate of drug-likeness (QED) is 0.519. The van der Waals surface area contributed by atoms with Crippen molar-refractivity contribution in [2.75, 3.05) is 12.5 Å². The summed E-state index contributed by atoms with van der Waals surface area (Å²) >= 11 is 5.69. The standard InChI is InChI=1S/C12H21ClO2/c1-2-15-12(14)9-11-6-3-5-10(11)7-4-8-13/h10-11H,2-9H2,1H3/t10-,11-/m1/s1. The van der Waals surface area contributed by atoms with Crippen LogP contribution in [0.1, 0.15) is 45.4 Å². The highest BCUT2D eigenvalue weighted by Crippen LogP contribution is 2.37. The van der Waals surface area contributed by atoms with Crippen molar-refractivity contribution in [3.8, 4) is 0 Å². The smallest absolute Gasteiger partial charge is 0.306 e. The highest BCUT2D eigenvalue weighted by atomic mass is 35.5. The third kappa shape index (κ3) is 4.42. The first-order chi connectivity index (χ1) is 7.27. The van der Waals surface area contributed by atoms with Crippen molar-refractivity contribution in [2.45, 2.75) is 45.4 Å². The third-order valence-electron chi connectivity index (χ3n) is 3.26. The first-order valence-corrected chi connectivity index (χ1v) is 6.53. The van der Waals surface area contributed by atoms with Crippen molar-refractivity contribution in [1.29, 1.82) is 0 Å². The number of ether oxygens (including phenoxy) is 1. The highest BCUT2D eigenvalue weighted by molar-refractivity contribution is 6.17. The molecule has 0 N–H and O–H groups in total. The SMILES string of the molecule is CCOC(=O)C[C@H]1CCC[C@@H]1CCCCl. The molecular formula is C12H21ClO2. The van der Waals surface area contributed by atoms with Gasteiger partial charge in [0, 0.05) is 12.3 Å². The summed E-state index contributed by atoms with van der Waals surface area (Å²) in [6.45, 7) is 2.36. The molecule has 0 aromatic rings. The maximum absolute atomic E-state index is 11.4. The van der Waals surface area contributed by atoms with Crippen LogP contribution in [0.4, 0.5) is 0 Å². The molecule has 0 aromatic heterocycles. The summed E-state index contributed by atoms with van der Waals surface area (Å²) in [5.74, 6) is 1.96. The number of halogens is 1. The van der Waals surface area contributed by atoms with E-state index in [2.05, 4.69) is 0 Å². The second-order valence-electron chi connectivity index (χ2n) is 4.29. The van der Waals surface area contributed by atoms with Gasteiger partial charge in [-0.25, -0.2) is 0 Å². The molecule has 15 heavy (non-hydrogen) atoms. The number of hydrogen-bond donors (Lipinski definition) is 0. The Balaban J connectivity index is 2.29. The predicted molar refractivity (Wildman–Crippen MR) is 62.0 cm³/mol. The van der Waals surface area contributed by atoms with E-state index >= 15 is 0 Å². The Kier molecular flexibility index (Phi) is 6.07. The number of esters is 1. The van der Waals surface area contributed by atoms with Crippen LogP contribution in [0.15, 0.2) is 0 Å². The summed E-state index contributed by atoms with van der Waals surface area (Å²) < 4.78 is 4.99. The molecule has 0 aromatic carbocycles. The fourth-order valence-electron chi connectivity index (χ4n) is 2.54. The molecule has 2 nitrogen and oxygen atoms in total. The second-order valence-corrected chi connectivity index (χ2v) is 4.67. The monoisotopic (exact) mass is 232 g/mol. The van der Waals surface area contributed by atoms with Crippen LogP contribution in [0, 0.1) is 11.8 Å². The van der Waals surface area contributed by atoms with E-state index in [9.17, 15) is 4.79 Å². The zero-order valence-corrected chi connectivity index (χ0v) is 10.3. The molecule has 0 aliphatic heterocycles. The summed E-state index contributed by atoms with van der Waals surface area (Å²) in [5.41, 5.74) is 0. The van der Waals surface area contributed by atoms with Crippen molar-refractivity contribution in [3.63, 3.8) is 0 Å². The molecule has 0 heterocycles. The van der Waals surface area contributed by atoms with Gasteiger partial charge in [0.2, 0.25) is 0 Å². The van der Waals surface area contributed by atoms with Crippen molar-refractivity contribution in [2.24, 2.45) is 11.8 Å². The van der Waals surface area contributed by atoms with Crippen LogP contribution in [0.25, 0.3) is 0 Å². The van der Waals surface area contributed by atoms with Crippen LogP contribution in [-0.2, 0) is 9.53 Å². The van der Waals surface area contributed by atoms with Crippen LogP contribution in [-0.4, -0.2) is 18.5 Å². The van der Waals surface area contributed by atoms with Crippen LogP contribution in [0.2, 0.25) is 0 Å². The van der Waals surface area contributed by atoms with E-state index < -0.39 is 0 Å². The Morgan fingerprint density at radius 3 is 2.80 bits per heavy atom. The lowest BCUT2D eigenvalue weighted by Crippen LogP contribution is -2.15. The van der Waals surface area contributed by atoms with E-state index in [0.29, 0.717) is 24.9 Å². The molecule has 0 amide bonds. The molecule has 3 heteroatoms. The van der Waals surface area contributed by atoms with E-state index in [-0.39, 0.29) is 5.97 Å². The first-order valence-electron chi connectivity index (χ1n) is 5.99. The highest BCUT2D eigenvalue weighted by Gasteiger charge is 2.28. The van der Waals surface area contributed by atoms with E-state index in [1.165, 1.54) is 25.7 Å². The minimum Gasteiger partial charge on any atom is -0.466 e. The molecule has 1 saturated carbocycles. The molecule has 0 radical (unpaired) electrons. The van der Waals surface area contributed by atoms with Gasteiger partial charge >= 0.3 is 5.97 Å². The van der Waals surface area contributed by atoms with E-state index in [1.54, 1.807) is 0 Å². The van der Waals surface area contributed by atoms with Crippen LogP contribution in [0.5, 0.6) is 0 Å². The maximum Gasteiger partial charge on any atom is 0.306 e. The Bertz CT molecular complexity index is 194. The van der Waals surface area contributed by atoms with Gasteiger partial charge in [-0.15, -0.1) is 11.6 Å². The summed E-state index contributed by atoms with van der Waals surface area (Å²) in [4.78, 5) is 11.4.